The van der Waals surface area contributed by atoms with Gasteiger partial charge in [0.05, 0.1) is 5.02 Å². The summed E-state index contributed by atoms with van der Waals surface area (Å²) in [5.74, 6) is 0.511. The fraction of sp³-hybridized carbons (Fsp3) is 0.235. The lowest BCUT2D eigenvalue weighted by Crippen LogP contribution is -2.12. The molecule has 0 fully saturated rings. The standard InChI is InChI=1S/C17H17Cl2NO2/c1-3-17(21)20-15-6-4-5-13(18)12(15)10-22-16-8-7-11(2)9-14(16)19/h4-9H,3,10H2,1-2H3,(H,20,21). The molecule has 0 radical (unpaired) electrons. The minimum atomic E-state index is -0.0723. The number of carbonyl (C=O) groups is 1. The Bertz CT molecular complexity index is 686. The van der Waals surface area contributed by atoms with E-state index in [4.69, 9.17) is 27.9 Å². The van der Waals surface area contributed by atoms with Crippen LogP contribution < -0.4 is 10.1 Å². The van der Waals surface area contributed by atoms with Gasteiger partial charge in [0.25, 0.3) is 0 Å². The Balaban J connectivity index is 2.19. The van der Waals surface area contributed by atoms with Gasteiger partial charge in [-0.1, -0.05) is 42.3 Å². The van der Waals surface area contributed by atoms with Crippen molar-refractivity contribution in [3.05, 3.63) is 57.6 Å². The molecule has 22 heavy (non-hydrogen) atoms. The maximum Gasteiger partial charge on any atom is 0.224 e. The van der Waals surface area contributed by atoms with Crippen molar-refractivity contribution in [2.45, 2.75) is 26.9 Å². The van der Waals surface area contributed by atoms with Gasteiger partial charge in [0, 0.05) is 22.7 Å². The molecule has 0 heterocycles. The van der Waals surface area contributed by atoms with Crippen LogP contribution in [0.1, 0.15) is 24.5 Å². The Hall–Kier alpha value is -1.71. The maximum atomic E-state index is 11.6. The summed E-state index contributed by atoms with van der Waals surface area (Å²) in [4.78, 5) is 11.6. The molecule has 0 aliphatic carbocycles. The molecule has 0 aromatic heterocycles. The molecule has 0 aliphatic rings. The Morgan fingerprint density at radius 1 is 1.18 bits per heavy atom. The van der Waals surface area contributed by atoms with Gasteiger partial charge in [-0.2, -0.15) is 0 Å². The monoisotopic (exact) mass is 337 g/mol. The van der Waals surface area contributed by atoms with E-state index in [0.29, 0.717) is 27.9 Å². The Labute approximate surface area is 140 Å². The fourth-order valence-electron chi connectivity index (χ4n) is 1.93. The highest BCUT2D eigenvalue weighted by Crippen LogP contribution is 2.29. The third-order valence-corrected chi connectivity index (χ3v) is 3.82. The topological polar surface area (TPSA) is 38.3 Å². The van der Waals surface area contributed by atoms with Gasteiger partial charge in [0.1, 0.15) is 12.4 Å². The third kappa shape index (κ3) is 4.15. The van der Waals surface area contributed by atoms with Crippen LogP contribution in [0.4, 0.5) is 5.69 Å². The molecule has 2 rings (SSSR count). The second kappa shape index (κ2) is 7.52. The number of ether oxygens (including phenoxy) is 1. The SMILES string of the molecule is CCC(=O)Nc1cccc(Cl)c1COc1ccc(C)cc1Cl. The summed E-state index contributed by atoms with van der Waals surface area (Å²) in [5.41, 5.74) is 2.44. The van der Waals surface area contributed by atoms with Crippen molar-refractivity contribution in [3.63, 3.8) is 0 Å². The number of aryl methyl sites for hydroxylation is 1. The third-order valence-electron chi connectivity index (χ3n) is 3.17. The zero-order chi connectivity index (χ0) is 16.1. The molecule has 3 nitrogen and oxygen atoms in total. The van der Waals surface area contributed by atoms with E-state index in [1.807, 2.05) is 25.1 Å². The van der Waals surface area contributed by atoms with Crippen LogP contribution in [-0.2, 0) is 11.4 Å². The van der Waals surface area contributed by atoms with Crippen molar-refractivity contribution in [1.82, 2.24) is 0 Å². The van der Waals surface area contributed by atoms with Crippen LogP contribution >= 0.6 is 23.2 Å². The van der Waals surface area contributed by atoms with E-state index in [-0.39, 0.29) is 12.5 Å². The van der Waals surface area contributed by atoms with E-state index >= 15 is 0 Å². The molecule has 116 valence electrons. The van der Waals surface area contributed by atoms with E-state index < -0.39 is 0 Å². The number of hydrogen-bond donors (Lipinski definition) is 1. The smallest absolute Gasteiger partial charge is 0.224 e. The van der Waals surface area contributed by atoms with Gasteiger partial charge >= 0.3 is 0 Å². The molecule has 1 amide bonds. The molecule has 1 N–H and O–H groups in total. The van der Waals surface area contributed by atoms with Gasteiger partial charge in [0.2, 0.25) is 5.91 Å². The molecule has 0 aliphatic heterocycles. The van der Waals surface area contributed by atoms with Crippen molar-refractivity contribution < 1.29 is 9.53 Å². The molecule has 2 aromatic rings. The van der Waals surface area contributed by atoms with Gasteiger partial charge in [-0.3, -0.25) is 4.79 Å². The minimum absolute atomic E-state index is 0.0723. The molecule has 0 unspecified atom stereocenters. The number of amides is 1. The Kier molecular flexibility index (Phi) is 5.69. The van der Waals surface area contributed by atoms with Crippen molar-refractivity contribution in [2.24, 2.45) is 0 Å². The summed E-state index contributed by atoms with van der Waals surface area (Å²) in [7, 11) is 0. The number of rotatable bonds is 5. The molecule has 0 spiro atoms. The molecule has 5 heteroatoms. The van der Waals surface area contributed by atoms with E-state index in [1.54, 1.807) is 25.1 Å². The van der Waals surface area contributed by atoms with E-state index in [0.717, 1.165) is 11.1 Å². The van der Waals surface area contributed by atoms with Crippen LogP contribution in [0.25, 0.3) is 0 Å². The number of halogens is 2. The van der Waals surface area contributed by atoms with Crippen LogP contribution in [0.5, 0.6) is 5.75 Å². The predicted molar refractivity (Wildman–Crippen MR) is 90.9 cm³/mol. The Morgan fingerprint density at radius 2 is 1.95 bits per heavy atom. The van der Waals surface area contributed by atoms with Crippen LogP contribution in [0, 0.1) is 6.92 Å². The summed E-state index contributed by atoms with van der Waals surface area (Å²) in [6.45, 7) is 3.98. The molecule has 0 atom stereocenters. The first-order valence-corrected chi connectivity index (χ1v) is 7.73. The lowest BCUT2D eigenvalue weighted by molar-refractivity contribution is -0.115. The van der Waals surface area contributed by atoms with Gasteiger partial charge < -0.3 is 10.1 Å². The van der Waals surface area contributed by atoms with Crippen LogP contribution in [-0.4, -0.2) is 5.91 Å². The number of carbonyl (C=O) groups excluding carboxylic acids is 1. The average molecular weight is 338 g/mol. The normalized spacial score (nSPS) is 10.4. The number of hydrogen-bond acceptors (Lipinski definition) is 2. The maximum absolute atomic E-state index is 11.6. The largest absolute Gasteiger partial charge is 0.487 e. The second-order valence-corrected chi connectivity index (χ2v) is 5.70. The molecule has 2 aromatic carbocycles. The molecule has 0 saturated carbocycles. The van der Waals surface area contributed by atoms with Crippen LogP contribution in [0.2, 0.25) is 10.0 Å². The lowest BCUT2D eigenvalue weighted by atomic mass is 10.1. The first kappa shape index (κ1) is 16.7. The first-order chi connectivity index (χ1) is 10.5. The van der Waals surface area contributed by atoms with Crippen molar-refractivity contribution in [3.8, 4) is 5.75 Å². The predicted octanol–water partition coefficient (Wildman–Crippen LogP) is 5.23. The number of benzene rings is 2. The van der Waals surface area contributed by atoms with E-state index in [1.165, 1.54) is 0 Å². The van der Waals surface area contributed by atoms with Gasteiger partial charge in [0.15, 0.2) is 0 Å². The molecule has 0 saturated heterocycles. The Morgan fingerprint density at radius 3 is 2.64 bits per heavy atom. The zero-order valence-electron chi connectivity index (χ0n) is 12.5. The van der Waals surface area contributed by atoms with Gasteiger partial charge in [-0.05, 0) is 36.8 Å². The highest BCUT2D eigenvalue weighted by atomic mass is 35.5. The quantitative estimate of drug-likeness (QED) is 0.811. The zero-order valence-corrected chi connectivity index (χ0v) is 14.0. The molecular weight excluding hydrogens is 321 g/mol. The van der Waals surface area contributed by atoms with Crippen LogP contribution in [0.15, 0.2) is 36.4 Å². The summed E-state index contributed by atoms with van der Waals surface area (Å²) < 4.78 is 5.75. The second-order valence-electron chi connectivity index (χ2n) is 4.89. The summed E-state index contributed by atoms with van der Waals surface area (Å²) >= 11 is 12.4. The van der Waals surface area contributed by atoms with Crippen LogP contribution in [0.3, 0.4) is 0 Å². The van der Waals surface area contributed by atoms with E-state index in [2.05, 4.69) is 5.32 Å². The van der Waals surface area contributed by atoms with E-state index in [9.17, 15) is 4.79 Å². The first-order valence-electron chi connectivity index (χ1n) is 6.97. The van der Waals surface area contributed by atoms with Crippen molar-refractivity contribution >= 4 is 34.8 Å². The summed E-state index contributed by atoms with van der Waals surface area (Å²) in [5, 5.41) is 3.91. The average Bonchev–Trinajstić information content (AvgIpc) is 2.48. The lowest BCUT2D eigenvalue weighted by Gasteiger charge is -2.14. The molecule has 0 bridgehead atoms. The molecular formula is C17H17Cl2NO2. The fourth-order valence-corrected chi connectivity index (χ4v) is 2.45. The van der Waals surface area contributed by atoms with Crippen molar-refractivity contribution in [2.75, 3.05) is 5.32 Å². The number of anilines is 1. The van der Waals surface area contributed by atoms with Gasteiger partial charge in [-0.15, -0.1) is 0 Å². The minimum Gasteiger partial charge on any atom is -0.487 e. The highest BCUT2D eigenvalue weighted by molar-refractivity contribution is 6.32. The highest BCUT2D eigenvalue weighted by Gasteiger charge is 2.11. The van der Waals surface area contributed by atoms with Gasteiger partial charge in [-0.25, -0.2) is 0 Å². The number of nitrogens with one attached hydrogen (secondary N) is 1. The summed E-state index contributed by atoms with van der Waals surface area (Å²) in [6, 6.07) is 10.9. The summed E-state index contributed by atoms with van der Waals surface area (Å²) in [6.07, 6.45) is 0.399. The van der Waals surface area contributed by atoms with Crippen molar-refractivity contribution in [1.29, 1.82) is 0 Å².